The van der Waals surface area contributed by atoms with E-state index in [0.29, 0.717) is 0 Å². The minimum Gasteiger partial charge on any atom is -0.452 e. The van der Waals surface area contributed by atoms with E-state index in [2.05, 4.69) is 69.2 Å². The van der Waals surface area contributed by atoms with Crippen LogP contribution in [0, 0.1) is 6.92 Å². The molecule has 0 amide bonds. The van der Waals surface area contributed by atoms with Crippen molar-refractivity contribution in [2.45, 2.75) is 19.9 Å². The van der Waals surface area contributed by atoms with Gasteiger partial charge in [0.15, 0.2) is 4.67 Å². The number of hydrogen-bond donors (Lipinski definition) is 1. The molecule has 0 aliphatic heterocycles. The molecule has 1 aromatic heterocycles. The monoisotopic (exact) mass is 371 g/mol. The Morgan fingerprint density at radius 3 is 2.56 bits per heavy atom. The summed E-state index contributed by atoms with van der Waals surface area (Å²) in [5, 5.41) is 3.44. The number of benzene rings is 1. The number of hydrogen-bond acceptors (Lipinski definition) is 2. The van der Waals surface area contributed by atoms with Crippen molar-refractivity contribution < 1.29 is 4.42 Å². The summed E-state index contributed by atoms with van der Waals surface area (Å²) in [7, 11) is 0. The topological polar surface area (TPSA) is 25.2 Å². The summed E-state index contributed by atoms with van der Waals surface area (Å²) in [6.07, 6.45) is 0. The zero-order valence-electron chi connectivity index (χ0n) is 10.3. The van der Waals surface area contributed by atoms with Crippen molar-refractivity contribution >= 4 is 31.9 Å². The Morgan fingerprint density at radius 1 is 1.22 bits per heavy atom. The molecule has 1 heterocycles. The summed E-state index contributed by atoms with van der Waals surface area (Å²) < 4.78 is 7.52. The molecule has 0 radical (unpaired) electrons. The van der Waals surface area contributed by atoms with Crippen molar-refractivity contribution in [3.8, 4) is 0 Å². The van der Waals surface area contributed by atoms with Gasteiger partial charge in [-0.1, -0.05) is 35.0 Å². The van der Waals surface area contributed by atoms with E-state index in [1.165, 1.54) is 11.1 Å². The van der Waals surface area contributed by atoms with Gasteiger partial charge >= 0.3 is 0 Å². The van der Waals surface area contributed by atoms with Gasteiger partial charge in [0.2, 0.25) is 0 Å². The number of aryl methyl sites for hydroxylation is 1. The van der Waals surface area contributed by atoms with Crippen molar-refractivity contribution in [3.05, 3.63) is 56.4 Å². The first kappa shape index (κ1) is 13.8. The standard InChI is InChI=1S/C14H15Br2NO/c1-3-17-14(12-6-7-13(16)18-12)10-5-4-9(2)8-11(10)15/h4-8,14,17H,3H2,1-2H3. The largest absolute Gasteiger partial charge is 0.452 e. The van der Waals surface area contributed by atoms with Crippen LogP contribution in [-0.2, 0) is 0 Å². The molecule has 0 aliphatic carbocycles. The lowest BCUT2D eigenvalue weighted by Gasteiger charge is -2.18. The maximum Gasteiger partial charge on any atom is 0.169 e. The Morgan fingerprint density at radius 2 is 2.00 bits per heavy atom. The molecule has 0 saturated heterocycles. The third-order valence-electron chi connectivity index (χ3n) is 2.75. The van der Waals surface area contributed by atoms with Crippen LogP contribution >= 0.6 is 31.9 Å². The Balaban J connectivity index is 2.41. The first-order valence-corrected chi connectivity index (χ1v) is 7.45. The quantitative estimate of drug-likeness (QED) is 0.832. The van der Waals surface area contributed by atoms with E-state index in [1.807, 2.05) is 12.1 Å². The summed E-state index contributed by atoms with van der Waals surface area (Å²) in [6, 6.07) is 10.3. The van der Waals surface area contributed by atoms with Gasteiger partial charge in [-0.2, -0.15) is 0 Å². The molecule has 96 valence electrons. The lowest BCUT2D eigenvalue weighted by Crippen LogP contribution is -2.21. The van der Waals surface area contributed by atoms with Gasteiger partial charge < -0.3 is 9.73 Å². The Hall–Kier alpha value is -0.580. The molecule has 2 rings (SSSR count). The average molecular weight is 373 g/mol. The molecule has 0 bridgehead atoms. The molecule has 18 heavy (non-hydrogen) atoms. The van der Waals surface area contributed by atoms with Crippen molar-refractivity contribution in [2.75, 3.05) is 6.54 Å². The molecule has 0 fully saturated rings. The Labute approximate surface area is 124 Å². The lowest BCUT2D eigenvalue weighted by molar-refractivity contribution is 0.437. The molecule has 0 spiro atoms. The summed E-state index contributed by atoms with van der Waals surface area (Å²) in [6.45, 7) is 5.05. The number of nitrogens with one attached hydrogen (secondary N) is 1. The smallest absolute Gasteiger partial charge is 0.169 e. The van der Waals surface area contributed by atoms with Crippen molar-refractivity contribution in [1.29, 1.82) is 0 Å². The van der Waals surface area contributed by atoms with E-state index in [0.717, 1.165) is 21.4 Å². The lowest BCUT2D eigenvalue weighted by atomic mass is 10.0. The van der Waals surface area contributed by atoms with Crippen LogP contribution in [-0.4, -0.2) is 6.54 Å². The van der Waals surface area contributed by atoms with Gasteiger partial charge in [-0.05, 0) is 58.7 Å². The van der Waals surface area contributed by atoms with Gasteiger partial charge in [-0.3, -0.25) is 0 Å². The van der Waals surface area contributed by atoms with Crippen LogP contribution in [0.3, 0.4) is 0 Å². The fourth-order valence-corrected chi connectivity index (χ4v) is 2.96. The van der Waals surface area contributed by atoms with Crippen LogP contribution in [0.1, 0.15) is 29.9 Å². The number of halogens is 2. The summed E-state index contributed by atoms with van der Waals surface area (Å²) in [5.41, 5.74) is 2.42. The molecular weight excluding hydrogens is 358 g/mol. The van der Waals surface area contributed by atoms with Crippen LogP contribution in [0.15, 0.2) is 43.9 Å². The molecule has 1 atom stereocenters. The van der Waals surface area contributed by atoms with Gasteiger partial charge in [0, 0.05) is 4.47 Å². The normalized spacial score (nSPS) is 12.7. The highest BCUT2D eigenvalue weighted by atomic mass is 79.9. The maximum absolute atomic E-state index is 5.67. The predicted octanol–water partition coefficient (Wildman–Crippen LogP) is 4.81. The highest BCUT2D eigenvalue weighted by Gasteiger charge is 2.19. The number of rotatable bonds is 4. The second-order valence-electron chi connectivity index (χ2n) is 4.16. The van der Waals surface area contributed by atoms with Gasteiger partial charge in [-0.25, -0.2) is 0 Å². The highest BCUT2D eigenvalue weighted by molar-refractivity contribution is 9.10. The SMILES string of the molecule is CCNC(c1ccc(Br)o1)c1ccc(C)cc1Br. The van der Waals surface area contributed by atoms with Gasteiger partial charge in [0.25, 0.3) is 0 Å². The zero-order valence-corrected chi connectivity index (χ0v) is 13.5. The average Bonchev–Trinajstić information content (AvgIpc) is 2.73. The van der Waals surface area contributed by atoms with Crippen LogP contribution in [0.25, 0.3) is 0 Å². The minimum absolute atomic E-state index is 0.0660. The Bertz CT molecular complexity index is 536. The van der Waals surface area contributed by atoms with Crippen molar-refractivity contribution in [3.63, 3.8) is 0 Å². The molecule has 0 aliphatic rings. The summed E-state index contributed by atoms with van der Waals surface area (Å²) in [4.78, 5) is 0. The molecule has 1 aromatic carbocycles. The molecule has 2 aromatic rings. The van der Waals surface area contributed by atoms with E-state index in [1.54, 1.807) is 0 Å². The second kappa shape index (κ2) is 6.04. The molecule has 0 saturated carbocycles. The fraction of sp³-hybridized carbons (Fsp3) is 0.286. The molecule has 2 nitrogen and oxygen atoms in total. The Kier molecular flexibility index (Phi) is 4.65. The van der Waals surface area contributed by atoms with Crippen LogP contribution in [0.5, 0.6) is 0 Å². The van der Waals surface area contributed by atoms with Crippen LogP contribution in [0.2, 0.25) is 0 Å². The third kappa shape index (κ3) is 3.05. The van der Waals surface area contributed by atoms with Gasteiger partial charge in [-0.15, -0.1) is 0 Å². The zero-order chi connectivity index (χ0) is 13.1. The number of furan rings is 1. The van der Waals surface area contributed by atoms with Crippen molar-refractivity contribution in [2.24, 2.45) is 0 Å². The van der Waals surface area contributed by atoms with E-state index in [4.69, 9.17) is 4.42 Å². The van der Waals surface area contributed by atoms with Crippen molar-refractivity contribution in [1.82, 2.24) is 5.32 Å². The van der Waals surface area contributed by atoms with E-state index < -0.39 is 0 Å². The predicted molar refractivity (Wildman–Crippen MR) is 80.8 cm³/mol. The van der Waals surface area contributed by atoms with E-state index >= 15 is 0 Å². The van der Waals surface area contributed by atoms with Crippen LogP contribution in [0.4, 0.5) is 0 Å². The molecule has 1 unspecified atom stereocenters. The molecule has 1 N–H and O–H groups in total. The maximum atomic E-state index is 5.67. The summed E-state index contributed by atoms with van der Waals surface area (Å²) >= 11 is 6.98. The third-order valence-corrected chi connectivity index (χ3v) is 3.87. The first-order valence-electron chi connectivity index (χ1n) is 5.86. The van der Waals surface area contributed by atoms with E-state index in [9.17, 15) is 0 Å². The van der Waals surface area contributed by atoms with Gasteiger partial charge in [0.05, 0.1) is 6.04 Å². The molecule has 4 heteroatoms. The highest BCUT2D eigenvalue weighted by Crippen LogP contribution is 2.31. The summed E-state index contributed by atoms with van der Waals surface area (Å²) in [5.74, 6) is 0.910. The first-order chi connectivity index (χ1) is 8.61. The van der Waals surface area contributed by atoms with Crippen LogP contribution < -0.4 is 5.32 Å². The molecular formula is C14H15Br2NO. The van der Waals surface area contributed by atoms with Gasteiger partial charge in [0.1, 0.15) is 5.76 Å². The van der Waals surface area contributed by atoms with E-state index in [-0.39, 0.29) is 6.04 Å². The minimum atomic E-state index is 0.0660. The second-order valence-corrected chi connectivity index (χ2v) is 5.79. The fourth-order valence-electron chi connectivity index (χ4n) is 1.92.